The summed E-state index contributed by atoms with van der Waals surface area (Å²) in [6, 6.07) is 7.59. The lowest BCUT2D eigenvalue weighted by Crippen LogP contribution is -2.03. The van der Waals surface area contributed by atoms with Crippen LogP contribution in [-0.2, 0) is 0 Å². The van der Waals surface area contributed by atoms with Gasteiger partial charge in [-0.25, -0.2) is 4.98 Å². The molecule has 0 aliphatic rings. The maximum Gasteiger partial charge on any atom is 0.211 e. The molecule has 4 heteroatoms. The molecule has 0 amide bonds. The fourth-order valence-electron chi connectivity index (χ4n) is 1.75. The van der Waals surface area contributed by atoms with Gasteiger partial charge in [-0.05, 0) is 6.92 Å². The van der Waals surface area contributed by atoms with Crippen LogP contribution in [0.3, 0.4) is 0 Å². The number of aromatic nitrogens is 2. The Morgan fingerprint density at radius 1 is 1.29 bits per heavy atom. The minimum Gasteiger partial charge on any atom is -0.287 e. The first-order valence-corrected chi connectivity index (χ1v) is 6.15. The number of carbonyl (C=O) groups excluding carboxylic acids is 1. The molecule has 17 heavy (non-hydrogen) atoms. The number of ketones is 1. The van der Waals surface area contributed by atoms with Gasteiger partial charge < -0.3 is 0 Å². The zero-order chi connectivity index (χ0) is 11.8. The molecule has 2 heterocycles. The number of benzene rings is 1. The van der Waals surface area contributed by atoms with Gasteiger partial charge in [0.25, 0.3) is 0 Å². The molecule has 0 fully saturated rings. The highest BCUT2D eigenvalue weighted by atomic mass is 32.1. The van der Waals surface area contributed by atoms with E-state index >= 15 is 0 Å². The SMILES string of the molecule is Cc1ccc(C(=O)c2cnc3sccn23)cc1. The molecule has 0 atom stereocenters. The van der Waals surface area contributed by atoms with Crippen LogP contribution in [-0.4, -0.2) is 15.2 Å². The van der Waals surface area contributed by atoms with Crippen molar-refractivity contribution in [1.29, 1.82) is 0 Å². The van der Waals surface area contributed by atoms with Gasteiger partial charge >= 0.3 is 0 Å². The predicted octanol–water partition coefficient (Wildman–Crippen LogP) is 2.94. The molecule has 1 aromatic carbocycles. The average molecular weight is 242 g/mol. The van der Waals surface area contributed by atoms with E-state index in [4.69, 9.17) is 0 Å². The maximum absolute atomic E-state index is 12.3. The van der Waals surface area contributed by atoms with Gasteiger partial charge in [0.1, 0.15) is 5.69 Å². The van der Waals surface area contributed by atoms with Crippen LogP contribution in [0.25, 0.3) is 4.96 Å². The number of carbonyl (C=O) groups is 1. The van der Waals surface area contributed by atoms with E-state index in [1.54, 1.807) is 6.20 Å². The van der Waals surface area contributed by atoms with Crippen LogP contribution in [0, 0.1) is 6.92 Å². The number of hydrogen-bond donors (Lipinski definition) is 0. The van der Waals surface area contributed by atoms with Crippen molar-refractivity contribution >= 4 is 22.1 Å². The minimum absolute atomic E-state index is 0.0101. The molecular formula is C13H10N2OS. The first-order chi connectivity index (χ1) is 8.25. The second-order valence-electron chi connectivity index (χ2n) is 3.89. The number of aryl methyl sites for hydroxylation is 1. The van der Waals surface area contributed by atoms with E-state index in [0.29, 0.717) is 11.3 Å². The Hall–Kier alpha value is -1.94. The molecule has 3 nitrogen and oxygen atoms in total. The van der Waals surface area contributed by atoms with Gasteiger partial charge in [-0.15, -0.1) is 11.3 Å². The molecule has 0 radical (unpaired) electrons. The van der Waals surface area contributed by atoms with E-state index in [1.807, 2.05) is 47.2 Å². The average Bonchev–Trinajstić information content (AvgIpc) is 2.90. The largest absolute Gasteiger partial charge is 0.287 e. The van der Waals surface area contributed by atoms with Crippen molar-refractivity contribution in [3.63, 3.8) is 0 Å². The Morgan fingerprint density at radius 2 is 2.06 bits per heavy atom. The van der Waals surface area contributed by atoms with Crippen LogP contribution in [0.15, 0.2) is 42.0 Å². The Balaban J connectivity index is 2.08. The van der Waals surface area contributed by atoms with Gasteiger partial charge in [-0.2, -0.15) is 0 Å². The first-order valence-electron chi connectivity index (χ1n) is 5.27. The van der Waals surface area contributed by atoms with Crippen LogP contribution in [0.4, 0.5) is 0 Å². The van der Waals surface area contributed by atoms with Crippen LogP contribution in [0.5, 0.6) is 0 Å². The highest BCUT2D eigenvalue weighted by Crippen LogP contribution is 2.16. The van der Waals surface area contributed by atoms with Gasteiger partial charge in [-0.1, -0.05) is 29.8 Å². The Bertz CT molecular complexity index is 679. The van der Waals surface area contributed by atoms with Crippen LogP contribution in [0.1, 0.15) is 21.6 Å². The fraction of sp³-hybridized carbons (Fsp3) is 0.0769. The molecule has 3 rings (SSSR count). The number of rotatable bonds is 2. The lowest BCUT2D eigenvalue weighted by molar-refractivity contribution is 0.103. The number of fused-ring (bicyclic) bond motifs is 1. The monoisotopic (exact) mass is 242 g/mol. The molecule has 0 saturated carbocycles. The maximum atomic E-state index is 12.3. The number of nitrogens with zero attached hydrogens (tertiary/aromatic N) is 2. The van der Waals surface area contributed by atoms with Crippen molar-refractivity contribution in [3.05, 3.63) is 58.9 Å². The summed E-state index contributed by atoms with van der Waals surface area (Å²) in [5.74, 6) is 0.0101. The molecule has 0 aliphatic heterocycles. The number of imidazole rings is 1. The van der Waals surface area contributed by atoms with Crippen LogP contribution >= 0.6 is 11.3 Å². The van der Waals surface area contributed by atoms with Crippen LogP contribution < -0.4 is 0 Å². The summed E-state index contributed by atoms with van der Waals surface area (Å²) >= 11 is 1.52. The third-order valence-corrected chi connectivity index (χ3v) is 3.46. The molecule has 0 unspecified atom stereocenters. The summed E-state index contributed by atoms with van der Waals surface area (Å²) in [5, 5.41) is 1.92. The summed E-state index contributed by atoms with van der Waals surface area (Å²) in [7, 11) is 0. The van der Waals surface area contributed by atoms with E-state index in [9.17, 15) is 4.79 Å². The van der Waals surface area contributed by atoms with Crippen molar-refractivity contribution in [2.45, 2.75) is 6.92 Å². The van der Waals surface area contributed by atoms with Gasteiger partial charge in [-0.3, -0.25) is 9.20 Å². The molecular weight excluding hydrogens is 232 g/mol. The smallest absolute Gasteiger partial charge is 0.211 e. The first kappa shape index (κ1) is 10.2. The van der Waals surface area contributed by atoms with Crippen molar-refractivity contribution in [2.24, 2.45) is 0 Å². The lowest BCUT2D eigenvalue weighted by Gasteiger charge is -2.00. The molecule has 0 spiro atoms. The molecule has 84 valence electrons. The number of thiazole rings is 1. The fourth-order valence-corrected chi connectivity index (χ4v) is 2.44. The van der Waals surface area contributed by atoms with Crippen molar-refractivity contribution in [1.82, 2.24) is 9.38 Å². The summed E-state index contributed by atoms with van der Waals surface area (Å²) < 4.78 is 1.83. The predicted molar refractivity (Wildman–Crippen MR) is 67.7 cm³/mol. The molecule has 0 aliphatic carbocycles. The Kier molecular flexibility index (Phi) is 2.30. The van der Waals surface area contributed by atoms with E-state index in [-0.39, 0.29) is 5.78 Å². The van der Waals surface area contributed by atoms with Gasteiger partial charge in [0, 0.05) is 17.1 Å². The summed E-state index contributed by atoms with van der Waals surface area (Å²) in [6.45, 7) is 2.00. The second kappa shape index (κ2) is 3.82. The summed E-state index contributed by atoms with van der Waals surface area (Å²) in [4.78, 5) is 17.3. The van der Waals surface area contributed by atoms with E-state index in [0.717, 1.165) is 10.5 Å². The van der Waals surface area contributed by atoms with Crippen molar-refractivity contribution in [2.75, 3.05) is 0 Å². The quantitative estimate of drug-likeness (QED) is 0.647. The van der Waals surface area contributed by atoms with E-state index in [2.05, 4.69) is 4.98 Å². The molecule has 0 saturated heterocycles. The topological polar surface area (TPSA) is 34.4 Å². The van der Waals surface area contributed by atoms with Crippen molar-refractivity contribution < 1.29 is 4.79 Å². The zero-order valence-electron chi connectivity index (χ0n) is 9.25. The zero-order valence-corrected chi connectivity index (χ0v) is 10.1. The third-order valence-electron chi connectivity index (χ3n) is 2.69. The summed E-state index contributed by atoms with van der Waals surface area (Å²) in [6.07, 6.45) is 3.50. The van der Waals surface area contributed by atoms with E-state index < -0.39 is 0 Å². The highest BCUT2D eigenvalue weighted by Gasteiger charge is 2.14. The highest BCUT2D eigenvalue weighted by molar-refractivity contribution is 7.15. The molecule has 0 bridgehead atoms. The summed E-state index contributed by atoms with van der Waals surface area (Å²) in [5.41, 5.74) is 2.46. The second-order valence-corrected chi connectivity index (χ2v) is 4.77. The van der Waals surface area contributed by atoms with Gasteiger partial charge in [0.2, 0.25) is 5.78 Å². The van der Waals surface area contributed by atoms with Gasteiger partial charge in [0.15, 0.2) is 4.96 Å². The Labute approximate surface area is 102 Å². The van der Waals surface area contributed by atoms with Gasteiger partial charge in [0.05, 0.1) is 6.20 Å². The standard InChI is InChI=1S/C13H10N2OS/c1-9-2-4-10(5-3-9)12(16)11-8-14-13-15(11)6-7-17-13/h2-8H,1H3. The lowest BCUT2D eigenvalue weighted by atomic mass is 10.1. The third kappa shape index (κ3) is 1.66. The van der Waals surface area contributed by atoms with Crippen molar-refractivity contribution in [3.8, 4) is 0 Å². The normalized spacial score (nSPS) is 10.9. The van der Waals surface area contributed by atoms with E-state index in [1.165, 1.54) is 11.3 Å². The van der Waals surface area contributed by atoms with Crippen LogP contribution in [0.2, 0.25) is 0 Å². The minimum atomic E-state index is 0.0101. The molecule has 3 aromatic rings. The molecule has 0 N–H and O–H groups in total. The molecule has 2 aromatic heterocycles. The Morgan fingerprint density at radius 3 is 2.82 bits per heavy atom. The number of hydrogen-bond acceptors (Lipinski definition) is 3.